The molecule has 2 rings (SSSR count). The summed E-state index contributed by atoms with van der Waals surface area (Å²) in [4.78, 5) is 12.1. The number of aryl methyl sites for hydroxylation is 1. The van der Waals surface area contributed by atoms with Crippen LogP contribution in [0, 0.1) is 6.92 Å². The summed E-state index contributed by atoms with van der Waals surface area (Å²) >= 11 is 5.83. The van der Waals surface area contributed by atoms with Gasteiger partial charge in [0.15, 0.2) is 0 Å². The molecular formula is C17H17ClN2O3. The van der Waals surface area contributed by atoms with Crippen molar-refractivity contribution in [2.24, 2.45) is 5.10 Å². The number of hydrazone groups is 1. The van der Waals surface area contributed by atoms with E-state index in [1.54, 1.807) is 14.0 Å². The Morgan fingerprint density at radius 2 is 1.96 bits per heavy atom. The number of ether oxygens (including phenoxy) is 1. The molecule has 2 N–H and O–H groups in total. The second kappa shape index (κ2) is 7.15. The van der Waals surface area contributed by atoms with Crippen LogP contribution >= 0.6 is 11.6 Å². The van der Waals surface area contributed by atoms with E-state index in [1.807, 2.05) is 25.1 Å². The first kappa shape index (κ1) is 16.8. The van der Waals surface area contributed by atoms with Crippen LogP contribution in [0.1, 0.15) is 28.4 Å². The molecule has 2 aromatic carbocycles. The number of halogens is 1. The van der Waals surface area contributed by atoms with E-state index in [2.05, 4.69) is 10.5 Å². The first-order valence-electron chi connectivity index (χ1n) is 6.90. The Hall–Kier alpha value is -2.53. The minimum atomic E-state index is -0.545. The first-order valence-corrected chi connectivity index (χ1v) is 7.28. The summed E-state index contributed by atoms with van der Waals surface area (Å²) in [6, 6.07) is 9.93. The molecule has 1 amide bonds. The average Bonchev–Trinajstić information content (AvgIpc) is 2.54. The number of carbonyl (C=O) groups is 1. The van der Waals surface area contributed by atoms with Crippen LogP contribution in [-0.4, -0.2) is 23.8 Å². The number of carbonyl (C=O) groups excluding carboxylic acids is 1. The van der Waals surface area contributed by atoms with Gasteiger partial charge in [0.25, 0.3) is 5.91 Å². The van der Waals surface area contributed by atoms with Crippen LogP contribution < -0.4 is 10.2 Å². The number of phenolic OH excluding ortho intramolecular Hbond substituents is 1. The third-order valence-corrected chi connectivity index (χ3v) is 3.51. The number of nitrogens with one attached hydrogen (secondary N) is 1. The van der Waals surface area contributed by atoms with E-state index in [9.17, 15) is 9.90 Å². The molecule has 0 fully saturated rings. The Morgan fingerprint density at radius 3 is 2.65 bits per heavy atom. The van der Waals surface area contributed by atoms with E-state index >= 15 is 0 Å². The van der Waals surface area contributed by atoms with Crippen LogP contribution in [0.4, 0.5) is 0 Å². The van der Waals surface area contributed by atoms with Gasteiger partial charge in [0, 0.05) is 10.6 Å². The molecular weight excluding hydrogens is 316 g/mol. The summed E-state index contributed by atoms with van der Waals surface area (Å²) in [5.41, 5.74) is 4.89. The smallest absolute Gasteiger partial charge is 0.275 e. The van der Waals surface area contributed by atoms with Crippen LogP contribution in [0.3, 0.4) is 0 Å². The van der Waals surface area contributed by atoms with Crippen LogP contribution in [-0.2, 0) is 0 Å². The predicted molar refractivity (Wildman–Crippen MR) is 90.5 cm³/mol. The topological polar surface area (TPSA) is 70.9 Å². The SMILES string of the molecule is COc1ccc(C)cc1/C(C)=N\NC(=O)c1cc(Cl)ccc1O. The summed E-state index contributed by atoms with van der Waals surface area (Å²) in [6.07, 6.45) is 0. The molecule has 0 saturated heterocycles. The molecule has 0 aliphatic carbocycles. The summed E-state index contributed by atoms with van der Waals surface area (Å²) in [5, 5.41) is 14.1. The molecule has 0 aliphatic heterocycles. The zero-order chi connectivity index (χ0) is 17.0. The number of benzene rings is 2. The highest BCUT2D eigenvalue weighted by molar-refractivity contribution is 6.31. The van der Waals surface area contributed by atoms with Gasteiger partial charge in [-0.3, -0.25) is 4.79 Å². The summed E-state index contributed by atoms with van der Waals surface area (Å²) < 4.78 is 5.30. The lowest BCUT2D eigenvalue weighted by Gasteiger charge is -2.09. The fraction of sp³-hybridized carbons (Fsp3) is 0.176. The molecule has 120 valence electrons. The van der Waals surface area contributed by atoms with Crippen molar-refractivity contribution in [3.63, 3.8) is 0 Å². The monoisotopic (exact) mass is 332 g/mol. The lowest BCUT2D eigenvalue weighted by atomic mass is 10.1. The van der Waals surface area contributed by atoms with Crippen molar-refractivity contribution in [3.05, 3.63) is 58.1 Å². The molecule has 0 heterocycles. The molecule has 6 heteroatoms. The first-order chi connectivity index (χ1) is 10.9. The zero-order valence-corrected chi connectivity index (χ0v) is 13.8. The second-order valence-corrected chi connectivity index (χ2v) is 5.44. The van der Waals surface area contributed by atoms with Crippen molar-refractivity contribution in [2.45, 2.75) is 13.8 Å². The third-order valence-electron chi connectivity index (χ3n) is 3.27. The van der Waals surface area contributed by atoms with Gasteiger partial charge >= 0.3 is 0 Å². The molecule has 0 spiro atoms. The quantitative estimate of drug-likeness (QED) is 0.664. The van der Waals surface area contributed by atoms with E-state index in [1.165, 1.54) is 18.2 Å². The van der Waals surface area contributed by atoms with Gasteiger partial charge in [-0.1, -0.05) is 23.2 Å². The van der Waals surface area contributed by atoms with Crippen molar-refractivity contribution < 1.29 is 14.6 Å². The number of nitrogens with zero attached hydrogens (tertiary/aromatic N) is 1. The molecule has 0 atom stereocenters. The Balaban J connectivity index is 2.24. The molecule has 0 bridgehead atoms. The van der Waals surface area contributed by atoms with Crippen molar-refractivity contribution in [2.75, 3.05) is 7.11 Å². The fourth-order valence-electron chi connectivity index (χ4n) is 2.05. The average molecular weight is 333 g/mol. The Morgan fingerprint density at radius 1 is 1.22 bits per heavy atom. The van der Waals surface area contributed by atoms with Gasteiger partial charge in [-0.25, -0.2) is 5.43 Å². The van der Waals surface area contributed by atoms with E-state index in [0.29, 0.717) is 16.5 Å². The van der Waals surface area contributed by atoms with E-state index in [0.717, 1.165) is 11.1 Å². The minimum absolute atomic E-state index is 0.0604. The molecule has 5 nitrogen and oxygen atoms in total. The van der Waals surface area contributed by atoms with Gasteiger partial charge in [-0.2, -0.15) is 5.10 Å². The van der Waals surface area contributed by atoms with Gasteiger partial charge < -0.3 is 9.84 Å². The summed E-state index contributed by atoms with van der Waals surface area (Å²) in [7, 11) is 1.57. The predicted octanol–water partition coefficient (Wildman–Crippen LogP) is 3.52. The van der Waals surface area contributed by atoms with Crippen molar-refractivity contribution in [3.8, 4) is 11.5 Å². The number of phenols is 1. The van der Waals surface area contributed by atoms with Crippen LogP contribution in [0.2, 0.25) is 5.02 Å². The van der Waals surface area contributed by atoms with Gasteiger partial charge in [-0.05, 0) is 44.2 Å². The van der Waals surface area contributed by atoms with Gasteiger partial charge in [0.2, 0.25) is 0 Å². The van der Waals surface area contributed by atoms with Gasteiger partial charge in [0.1, 0.15) is 11.5 Å². The lowest BCUT2D eigenvalue weighted by Crippen LogP contribution is -2.19. The Bertz CT molecular complexity index is 772. The Kier molecular flexibility index (Phi) is 5.24. The van der Waals surface area contributed by atoms with Gasteiger partial charge in [0.05, 0.1) is 18.4 Å². The van der Waals surface area contributed by atoms with Crippen molar-refractivity contribution in [1.82, 2.24) is 5.43 Å². The maximum absolute atomic E-state index is 12.1. The van der Waals surface area contributed by atoms with Crippen molar-refractivity contribution >= 4 is 23.2 Å². The number of rotatable bonds is 4. The summed E-state index contributed by atoms with van der Waals surface area (Å²) in [5.74, 6) is -0.0411. The van der Waals surface area contributed by atoms with Crippen LogP contribution in [0.15, 0.2) is 41.5 Å². The number of methoxy groups -OCH3 is 1. The number of hydrogen-bond donors (Lipinski definition) is 2. The normalized spacial score (nSPS) is 11.2. The van der Waals surface area contributed by atoms with E-state index < -0.39 is 5.91 Å². The van der Waals surface area contributed by atoms with Gasteiger partial charge in [-0.15, -0.1) is 0 Å². The highest BCUT2D eigenvalue weighted by atomic mass is 35.5. The molecule has 0 unspecified atom stereocenters. The van der Waals surface area contributed by atoms with Crippen LogP contribution in [0.25, 0.3) is 0 Å². The molecule has 0 saturated carbocycles. The molecule has 23 heavy (non-hydrogen) atoms. The molecule has 2 aromatic rings. The fourth-order valence-corrected chi connectivity index (χ4v) is 2.22. The Labute approximate surface area is 139 Å². The largest absolute Gasteiger partial charge is 0.507 e. The maximum atomic E-state index is 12.1. The number of aromatic hydroxyl groups is 1. The van der Waals surface area contributed by atoms with Crippen LogP contribution in [0.5, 0.6) is 11.5 Å². The number of amides is 1. The zero-order valence-electron chi connectivity index (χ0n) is 13.1. The standard InChI is InChI=1S/C17H17ClN2O3/c1-10-4-7-16(23-3)13(8-10)11(2)19-20-17(22)14-9-12(18)5-6-15(14)21/h4-9,21H,1-3H3,(H,20,22)/b19-11-. The summed E-state index contributed by atoms with van der Waals surface area (Å²) in [6.45, 7) is 3.72. The second-order valence-electron chi connectivity index (χ2n) is 5.00. The molecule has 0 aromatic heterocycles. The number of hydrogen-bond acceptors (Lipinski definition) is 4. The highest BCUT2D eigenvalue weighted by Crippen LogP contribution is 2.22. The van der Waals surface area contributed by atoms with Crippen molar-refractivity contribution in [1.29, 1.82) is 0 Å². The van der Waals surface area contributed by atoms with E-state index in [-0.39, 0.29) is 11.3 Å². The minimum Gasteiger partial charge on any atom is -0.507 e. The third kappa shape index (κ3) is 4.02. The highest BCUT2D eigenvalue weighted by Gasteiger charge is 2.12. The maximum Gasteiger partial charge on any atom is 0.275 e. The molecule has 0 radical (unpaired) electrons. The lowest BCUT2D eigenvalue weighted by molar-refractivity contribution is 0.0952. The molecule has 0 aliphatic rings. The van der Waals surface area contributed by atoms with E-state index in [4.69, 9.17) is 16.3 Å².